The van der Waals surface area contributed by atoms with Gasteiger partial charge in [-0.3, -0.25) is 4.68 Å². The minimum Gasteiger partial charge on any atom is -0.381 e. The Morgan fingerprint density at radius 3 is 2.85 bits per heavy atom. The molecule has 114 valence electrons. The van der Waals surface area contributed by atoms with E-state index in [4.69, 9.17) is 4.74 Å². The molecule has 1 aromatic heterocycles. The normalized spacial score (nSPS) is 23.1. The van der Waals surface area contributed by atoms with Crippen LogP contribution in [0.15, 0.2) is 6.07 Å². The van der Waals surface area contributed by atoms with Crippen LogP contribution in [0.5, 0.6) is 0 Å². The molecule has 0 radical (unpaired) electrons. The van der Waals surface area contributed by atoms with E-state index in [0.717, 1.165) is 45.7 Å². The number of hydrogen-bond donors (Lipinski definition) is 1. The average Bonchev–Trinajstić information content (AvgIpc) is 2.88. The van der Waals surface area contributed by atoms with Crippen molar-refractivity contribution in [1.82, 2.24) is 15.1 Å². The zero-order chi connectivity index (χ0) is 14.4. The second kappa shape index (κ2) is 7.23. The van der Waals surface area contributed by atoms with Crippen LogP contribution in [0, 0.1) is 5.41 Å². The first-order valence-electron chi connectivity index (χ1n) is 8.07. The van der Waals surface area contributed by atoms with Gasteiger partial charge in [-0.15, -0.1) is 0 Å². The van der Waals surface area contributed by atoms with Crippen LogP contribution in [0.25, 0.3) is 0 Å². The van der Waals surface area contributed by atoms with E-state index in [-0.39, 0.29) is 5.41 Å². The number of rotatable bonds is 7. The summed E-state index contributed by atoms with van der Waals surface area (Å²) in [5, 5.41) is 8.21. The highest BCUT2D eigenvalue weighted by Gasteiger charge is 2.33. The van der Waals surface area contributed by atoms with E-state index in [1.165, 1.54) is 24.2 Å². The first kappa shape index (κ1) is 15.5. The molecule has 0 amide bonds. The molecule has 1 aliphatic rings. The zero-order valence-electron chi connectivity index (χ0n) is 13.2. The van der Waals surface area contributed by atoms with E-state index in [2.05, 4.69) is 41.9 Å². The van der Waals surface area contributed by atoms with Crippen molar-refractivity contribution in [2.45, 2.75) is 53.0 Å². The maximum Gasteiger partial charge on any atom is 0.0624 e. The molecular formula is C16H29N3O. The Morgan fingerprint density at radius 1 is 1.40 bits per heavy atom. The van der Waals surface area contributed by atoms with Crippen molar-refractivity contribution in [3.8, 4) is 0 Å². The van der Waals surface area contributed by atoms with Gasteiger partial charge >= 0.3 is 0 Å². The molecule has 0 bridgehead atoms. The Balaban J connectivity index is 2.15. The zero-order valence-corrected chi connectivity index (χ0v) is 13.2. The monoisotopic (exact) mass is 279 g/mol. The standard InChI is InChI=1S/C16H29N3O/c1-4-14-10-15(19(6-3)18-14)11-16(12-17-5-2)8-7-9-20-13-16/h10,17H,4-9,11-13H2,1-3H3. The Labute approximate surface area is 122 Å². The summed E-state index contributed by atoms with van der Waals surface area (Å²) >= 11 is 0. The Bertz CT molecular complexity index is 408. The lowest BCUT2D eigenvalue weighted by Crippen LogP contribution is -2.43. The van der Waals surface area contributed by atoms with Crippen LogP contribution in [0.4, 0.5) is 0 Å². The van der Waals surface area contributed by atoms with Crippen LogP contribution < -0.4 is 5.32 Å². The second-order valence-corrected chi connectivity index (χ2v) is 5.91. The molecular weight excluding hydrogens is 250 g/mol. The Hall–Kier alpha value is -0.870. The molecule has 0 spiro atoms. The third kappa shape index (κ3) is 3.61. The Kier molecular flexibility index (Phi) is 5.61. The fourth-order valence-corrected chi connectivity index (χ4v) is 3.13. The summed E-state index contributed by atoms with van der Waals surface area (Å²) < 4.78 is 7.96. The van der Waals surface area contributed by atoms with E-state index < -0.39 is 0 Å². The number of aryl methyl sites for hydroxylation is 2. The third-order valence-electron chi connectivity index (χ3n) is 4.29. The number of aromatic nitrogens is 2. The first-order chi connectivity index (χ1) is 9.73. The average molecular weight is 279 g/mol. The highest BCUT2D eigenvalue weighted by Crippen LogP contribution is 2.32. The molecule has 2 rings (SSSR count). The number of nitrogens with one attached hydrogen (secondary N) is 1. The van der Waals surface area contributed by atoms with E-state index in [9.17, 15) is 0 Å². The molecule has 1 unspecified atom stereocenters. The van der Waals surface area contributed by atoms with Gasteiger partial charge in [0.1, 0.15) is 0 Å². The van der Waals surface area contributed by atoms with Crippen LogP contribution in [-0.2, 0) is 24.1 Å². The van der Waals surface area contributed by atoms with E-state index in [1.54, 1.807) is 0 Å². The molecule has 1 aliphatic heterocycles. The van der Waals surface area contributed by atoms with Crippen LogP contribution in [0.2, 0.25) is 0 Å². The minimum atomic E-state index is 0.242. The van der Waals surface area contributed by atoms with Gasteiger partial charge in [0.25, 0.3) is 0 Å². The molecule has 4 heteroatoms. The van der Waals surface area contributed by atoms with Crippen LogP contribution >= 0.6 is 0 Å². The summed E-state index contributed by atoms with van der Waals surface area (Å²) in [4.78, 5) is 0. The maximum absolute atomic E-state index is 5.79. The van der Waals surface area contributed by atoms with Gasteiger partial charge in [0, 0.05) is 30.8 Å². The number of hydrogen-bond acceptors (Lipinski definition) is 3. The molecule has 2 heterocycles. The predicted octanol–water partition coefficient (Wildman–Crippen LogP) is 2.41. The largest absolute Gasteiger partial charge is 0.381 e. The van der Waals surface area contributed by atoms with E-state index in [1.807, 2.05) is 0 Å². The van der Waals surface area contributed by atoms with Crippen molar-refractivity contribution in [2.24, 2.45) is 5.41 Å². The quantitative estimate of drug-likeness (QED) is 0.833. The topological polar surface area (TPSA) is 39.1 Å². The highest BCUT2D eigenvalue weighted by atomic mass is 16.5. The molecule has 1 fully saturated rings. The fourth-order valence-electron chi connectivity index (χ4n) is 3.13. The summed E-state index contributed by atoms with van der Waals surface area (Å²) in [6, 6.07) is 2.28. The summed E-state index contributed by atoms with van der Waals surface area (Å²) in [5.74, 6) is 0. The summed E-state index contributed by atoms with van der Waals surface area (Å²) in [6.07, 6.45) is 4.50. The molecule has 0 aliphatic carbocycles. The summed E-state index contributed by atoms with van der Waals surface area (Å²) in [7, 11) is 0. The molecule has 1 atom stereocenters. The maximum atomic E-state index is 5.79. The van der Waals surface area contributed by atoms with Crippen molar-refractivity contribution in [1.29, 1.82) is 0 Å². The van der Waals surface area contributed by atoms with E-state index >= 15 is 0 Å². The van der Waals surface area contributed by atoms with Gasteiger partial charge in [-0.25, -0.2) is 0 Å². The molecule has 20 heavy (non-hydrogen) atoms. The van der Waals surface area contributed by atoms with Crippen molar-refractivity contribution >= 4 is 0 Å². The van der Waals surface area contributed by atoms with Gasteiger partial charge in [0.15, 0.2) is 0 Å². The van der Waals surface area contributed by atoms with Gasteiger partial charge < -0.3 is 10.1 Å². The SMILES string of the molecule is CCNCC1(Cc2cc(CC)nn2CC)CCCOC1. The summed E-state index contributed by atoms with van der Waals surface area (Å²) in [6.45, 7) is 11.3. The smallest absolute Gasteiger partial charge is 0.0624 e. The number of nitrogens with zero attached hydrogens (tertiary/aromatic N) is 2. The third-order valence-corrected chi connectivity index (χ3v) is 4.29. The highest BCUT2D eigenvalue weighted by molar-refractivity contribution is 5.13. The minimum absolute atomic E-state index is 0.242. The van der Waals surface area contributed by atoms with Gasteiger partial charge in [-0.05, 0) is 45.2 Å². The fraction of sp³-hybridized carbons (Fsp3) is 0.812. The van der Waals surface area contributed by atoms with Crippen molar-refractivity contribution in [3.05, 3.63) is 17.5 Å². The predicted molar refractivity (Wildman–Crippen MR) is 82.0 cm³/mol. The lowest BCUT2D eigenvalue weighted by molar-refractivity contribution is -0.00789. The number of ether oxygens (including phenoxy) is 1. The molecule has 1 aromatic rings. The Morgan fingerprint density at radius 2 is 2.25 bits per heavy atom. The van der Waals surface area contributed by atoms with Gasteiger partial charge in [0.2, 0.25) is 0 Å². The van der Waals surface area contributed by atoms with Crippen molar-refractivity contribution in [2.75, 3.05) is 26.3 Å². The molecule has 1 N–H and O–H groups in total. The van der Waals surface area contributed by atoms with Crippen molar-refractivity contribution < 1.29 is 4.74 Å². The van der Waals surface area contributed by atoms with Gasteiger partial charge in [0.05, 0.1) is 12.3 Å². The molecule has 0 saturated carbocycles. The second-order valence-electron chi connectivity index (χ2n) is 5.91. The lowest BCUT2D eigenvalue weighted by Gasteiger charge is -2.37. The van der Waals surface area contributed by atoms with Gasteiger partial charge in [-0.1, -0.05) is 13.8 Å². The lowest BCUT2D eigenvalue weighted by atomic mass is 9.78. The van der Waals surface area contributed by atoms with Crippen LogP contribution in [0.3, 0.4) is 0 Å². The first-order valence-corrected chi connectivity index (χ1v) is 8.07. The van der Waals surface area contributed by atoms with Crippen LogP contribution in [0.1, 0.15) is 45.0 Å². The van der Waals surface area contributed by atoms with Crippen molar-refractivity contribution in [3.63, 3.8) is 0 Å². The summed E-state index contributed by atoms with van der Waals surface area (Å²) in [5.41, 5.74) is 2.82. The van der Waals surface area contributed by atoms with E-state index in [0.29, 0.717) is 0 Å². The molecule has 0 aromatic carbocycles. The molecule has 4 nitrogen and oxygen atoms in total. The van der Waals surface area contributed by atoms with Crippen LogP contribution in [-0.4, -0.2) is 36.1 Å². The molecule has 1 saturated heterocycles. The van der Waals surface area contributed by atoms with Gasteiger partial charge in [-0.2, -0.15) is 5.10 Å².